The van der Waals surface area contributed by atoms with Gasteiger partial charge < -0.3 is 5.32 Å². The second kappa shape index (κ2) is 3.33. The number of aromatic nitrogens is 4. The quantitative estimate of drug-likeness (QED) is 0.850. The largest absolute Gasteiger partial charge is 0.325 e. The minimum atomic E-state index is -0.539. The highest BCUT2D eigenvalue weighted by Gasteiger charge is 2.67. The summed E-state index contributed by atoms with van der Waals surface area (Å²) in [5.41, 5.74) is 1.26. The maximum atomic E-state index is 12.3. The molecule has 19 heavy (non-hydrogen) atoms. The third kappa shape index (κ3) is 1.26. The molecule has 6 nitrogen and oxygen atoms in total. The molecule has 1 aliphatic heterocycles. The van der Waals surface area contributed by atoms with Gasteiger partial charge in [0.25, 0.3) is 0 Å². The van der Waals surface area contributed by atoms with E-state index in [-0.39, 0.29) is 11.8 Å². The number of tetrazole rings is 1. The molecule has 0 saturated heterocycles. The fourth-order valence-corrected chi connectivity index (χ4v) is 3.18. The molecule has 1 saturated carbocycles. The Hall–Kier alpha value is -1.95. The number of hydrogen-bond acceptors (Lipinski definition) is 4. The van der Waals surface area contributed by atoms with Crippen molar-refractivity contribution >= 4 is 23.2 Å². The van der Waals surface area contributed by atoms with E-state index >= 15 is 0 Å². The van der Waals surface area contributed by atoms with Crippen molar-refractivity contribution in [3.05, 3.63) is 34.6 Å². The molecular formula is C12H10ClN5O. The lowest BCUT2D eigenvalue weighted by atomic mass is 9.94. The smallest absolute Gasteiger partial charge is 0.235 e. The number of aryl methyl sites for hydroxylation is 1. The van der Waals surface area contributed by atoms with Crippen molar-refractivity contribution in [1.29, 1.82) is 0 Å². The van der Waals surface area contributed by atoms with Crippen molar-refractivity contribution in [2.45, 2.75) is 17.8 Å². The van der Waals surface area contributed by atoms with Crippen molar-refractivity contribution in [3.63, 3.8) is 0 Å². The van der Waals surface area contributed by atoms with E-state index in [2.05, 4.69) is 20.8 Å². The Morgan fingerprint density at radius 2 is 2.37 bits per heavy atom. The number of carbonyl (C=O) groups excluding carboxylic acids is 1. The fraction of sp³-hybridized carbons (Fsp3) is 0.333. The summed E-state index contributed by atoms with van der Waals surface area (Å²) in [6.45, 7) is 0. The molecule has 1 aliphatic carbocycles. The fourth-order valence-electron chi connectivity index (χ4n) is 3.01. The van der Waals surface area contributed by atoms with Gasteiger partial charge in [-0.25, -0.2) is 4.68 Å². The first-order chi connectivity index (χ1) is 9.13. The van der Waals surface area contributed by atoms with E-state index < -0.39 is 5.41 Å². The lowest BCUT2D eigenvalue weighted by Gasteiger charge is -2.07. The average molecular weight is 276 g/mol. The van der Waals surface area contributed by atoms with Crippen LogP contribution in [0.1, 0.15) is 23.7 Å². The monoisotopic (exact) mass is 275 g/mol. The van der Waals surface area contributed by atoms with Gasteiger partial charge in [0.1, 0.15) is 0 Å². The van der Waals surface area contributed by atoms with Crippen molar-refractivity contribution in [1.82, 2.24) is 20.2 Å². The minimum Gasteiger partial charge on any atom is -0.325 e. The number of rotatable bonds is 1. The first kappa shape index (κ1) is 10.9. The Morgan fingerprint density at radius 1 is 1.53 bits per heavy atom. The normalized spacial score (nSPS) is 27.5. The SMILES string of the molecule is Cn1nnnc1[C@H]1C[C@]12C(=O)Nc1ccc(Cl)cc12. The average Bonchev–Trinajstić information content (AvgIpc) is 2.89. The lowest BCUT2D eigenvalue weighted by Crippen LogP contribution is -2.21. The maximum absolute atomic E-state index is 12.3. The molecule has 1 amide bonds. The van der Waals surface area contributed by atoms with Crippen LogP contribution >= 0.6 is 11.6 Å². The number of hydrogen-bond donors (Lipinski definition) is 1. The summed E-state index contributed by atoms with van der Waals surface area (Å²) in [7, 11) is 1.78. The minimum absolute atomic E-state index is 0.0118. The Balaban J connectivity index is 1.84. The molecule has 1 aromatic heterocycles. The molecule has 0 radical (unpaired) electrons. The molecular weight excluding hydrogens is 266 g/mol. The predicted molar refractivity (Wildman–Crippen MR) is 67.9 cm³/mol. The molecule has 7 heteroatoms. The van der Waals surface area contributed by atoms with Crippen LogP contribution < -0.4 is 5.32 Å². The number of nitrogens with one attached hydrogen (secondary N) is 1. The van der Waals surface area contributed by atoms with E-state index in [9.17, 15) is 4.79 Å². The Kier molecular flexibility index (Phi) is 1.91. The summed E-state index contributed by atoms with van der Waals surface area (Å²) in [6.07, 6.45) is 0.723. The second-order valence-corrected chi connectivity index (χ2v) is 5.47. The van der Waals surface area contributed by atoms with Crippen LogP contribution in [0.3, 0.4) is 0 Å². The molecule has 96 valence electrons. The van der Waals surface area contributed by atoms with E-state index in [1.807, 2.05) is 12.1 Å². The van der Waals surface area contributed by atoms with Crippen molar-refractivity contribution in [2.24, 2.45) is 7.05 Å². The third-order valence-corrected chi connectivity index (χ3v) is 4.28. The standard InChI is InChI=1S/C12H10ClN5O/c1-18-10(15-16-17-18)8-5-12(8)7-4-6(13)2-3-9(7)14-11(12)19/h2-4,8H,5H2,1H3,(H,14,19)/t8-,12-/m1/s1. The Labute approximate surface area is 113 Å². The molecule has 1 spiro atoms. The summed E-state index contributed by atoms with van der Waals surface area (Å²) in [6, 6.07) is 5.48. The van der Waals surface area contributed by atoms with Crippen LogP contribution in [0.4, 0.5) is 5.69 Å². The zero-order valence-electron chi connectivity index (χ0n) is 10.1. The second-order valence-electron chi connectivity index (χ2n) is 5.03. The number of carbonyl (C=O) groups is 1. The predicted octanol–water partition coefficient (Wildman–Crippen LogP) is 1.24. The Morgan fingerprint density at radius 3 is 3.11 bits per heavy atom. The first-order valence-corrected chi connectivity index (χ1v) is 6.34. The van der Waals surface area contributed by atoms with Crippen LogP contribution in [0.2, 0.25) is 5.02 Å². The number of anilines is 1. The number of fused-ring (bicyclic) bond motifs is 2. The van der Waals surface area contributed by atoms with E-state index in [0.717, 1.165) is 23.5 Å². The summed E-state index contributed by atoms with van der Waals surface area (Å²) in [5, 5.41) is 15.0. The molecule has 4 rings (SSSR count). The zero-order chi connectivity index (χ0) is 13.2. The van der Waals surface area contributed by atoms with Gasteiger partial charge in [-0.2, -0.15) is 0 Å². The molecule has 1 N–H and O–H groups in total. The Bertz CT molecular complexity index is 712. The molecule has 1 fully saturated rings. The van der Waals surface area contributed by atoms with Crippen LogP contribution in [0, 0.1) is 0 Å². The van der Waals surface area contributed by atoms with Crippen molar-refractivity contribution in [2.75, 3.05) is 5.32 Å². The summed E-state index contributed by atoms with van der Waals surface area (Å²) < 4.78 is 1.62. The summed E-state index contributed by atoms with van der Waals surface area (Å²) in [4.78, 5) is 12.3. The van der Waals surface area contributed by atoms with Gasteiger partial charge in [-0.1, -0.05) is 11.6 Å². The summed E-state index contributed by atoms with van der Waals surface area (Å²) in [5.74, 6) is 0.771. The highest BCUT2D eigenvalue weighted by Crippen LogP contribution is 2.64. The third-order valence-electron chi connectivity index (χ3n) is 4.04. The lowest BCUT2D eigenvalue weighted by molar-refractivity contribution is -0.118. The van der Waals surface area contributed by atoms with Gasteiger partial charge in [0.15, 0.2) is 5.82 Å². The number of benzene rings is 1. The van der Waals surface area contributed by atoms with Crippen LogP contribution in [0.25, 0.3) is 0 Å². The van der Waals surface area contributed by atoms with Crippen molar-refractivity contribution in [3.8, 4) is 0 Å². The van der Waals surface area contributed by atoms with E-state index in [4.69, 9.17) is 11.6 Å². The first-order valence-electron chi connectivity index (χ1n) is 5.96. The number of halogens is 1. The van der Waals surface area contributed by atoms with E-state index in [1.54, 1.807) is 17.8 Å². The van der Waals surface area contributed by atoms with Gasteiger partial charge in [0, 0.05) is 23.7 Å². The summed E-state index contributed by atoms with van der Waals surface area (Å²) >= 11 is 6.05. The number of nitrogens with zero attached hydrogens (tertiary/aromatic N) is 4. The molecule has 2 aromatic rings. The number of amides is 1. The van der Waals surface area contributed by atoms with Crippen LogP contribution in [0.5, 0.6) is 0 Å². The molecule has 2 heterocycles. The van der Waals surface area contributed by atoms with Gasteiger partial charge in [0.05, 0.1) is 5.41 Å². The van der Waals surface area contributed by atoms with Gasteiger partial charge >= 0.3 is 0 Å². The van der Waals surface area contributed by atoms with Crippen LogP contribution in [-0.4, -0.2) is 26.1 Å². The van der Waals surface area contributed by atoms with Gasteiger partial charge in [-0.3, -0.25) is 4.79 Å². The van der Waals surface area contributed by atoms with Crippen LogP contribution in [-0.2, 0) is 17.3 Å². The highest BCUT2D eigenvalue weighted by molar-refractivity contribution is 6.31. The van der Waals surface area contributed by atoms with Gasteiger partial charge in [0.2, 0.25) is 5.91 Å². The maximum Gasteiger partial charge on any atom is 0.235 e. The van der Waals surface area contributed by atoms with E-state index in [1.165, 1.54) is 0 Å². The zero-order valence-corrected chi connectivity index (χ0v) is 10.8. The van der Waals surface area contributed by atoms with E-state index in [0.29, 0.717) is 5.02 Å². The topological polar surface area (TPSA) is 72.7 Å². The van der Waals surface area contributed by atoms with Crippen LogP contribution in [0.15, 0.2) is 18.2 Å². The van der Waals surface area contributed by atoms with Gasteiger partial charge in [-0.15, -0.1) is 5.10 Å². The molecule has 0 bridgehead atoms. The van der Waals surface area contributed by atoms with Gasteiger partial charge in [-0.05, 0) is 40.6 Å². The van der Waals surface area contributed by atoms with Crippen molar-refractivity contribution < 1.29 is 4.79 Å². The molecule has 1 aromatic carbocycles. The molecule has 2 atom stereocenters. The highest BCUT2D eigenvalue weighted by atomic mass is 35.5. The molecule has 0 unspecified atom stereocenters. The molecule has 2 aliphatic rings.